The standard InChI is InChI=1S/C15H16FNO2/c1-2-9-19-14-6-5-12(10-13(14)16)15(18)17-8-7-11-3-4-11/h1,5-6,10-11H,3-4,7-9H2,(H,17,18). The first-order chi connectivity index (χ1) is 9.20. The summed E-state index contributed by atoms with van der Waals surface area (Å²) in [4.78, 5) is 11.8. The Morgan fingerprint density at radius 2 is 2.32 bits per heavy atom. The number of amides is 1. The Morgan fingerprint density at radius 3 is 2.95 bits per heavy atom. The summed E-state index contributed by atoms with van der Waals surface area (Å²) in [6.45, 7) is 0.643. The number of benzene rings is 1. The Balaban J connectivity index is 1.90. The van der Waals surface area contributed by atoms with Gasteiger partial charge in [0.1, 0.15) is 6.61 Å². The fourth-order valence-corrected chi connectivity index (χ4v) is 1.78. The minimum absolute atomic E-state index is 0.00382. The first kappa shape index (κ1) is 13.4. The van der Waals surface area contributed by atoms with Crippen molar-refractivity contribution < 1.29 is 13.9 Å². The van der Waals surface area contributed by atoms with Gasteiger partial charge in [-0.1, -0.05) is 18.8 Å². The smallest absolute Gasteiger partial charge is 0.251 e. The fraction of sp³-hybridized carbons (Fsp3) is 0.400. The fourth-order valence-electron chi connectivity index (χ4n) is 1.78. The van der Waals surface area contributed by atoms with Crippen molar-refractivity contribution >= 4 is 5.91 Å². The van der Waals surface area contributed by atoms with Gasteiger partial charge in [0, 0.05) is 12.1 Å². The lowest BCUT2D eigenvalue weighted by molar-refractivity contribution is 0.0952. The molecule has 0 atom stereocenters. The zero-order valence-corrected chi connectivity index (χ0v) is 10.6. The highest BCUT2D eigenvalue weighted by Crippen LogP contribution is 2.31. The Hall–Kier alpha value is -2.02. The van der Waals surface area contributed by atoms with Gasteiger partial charge in [0.25, 0.3) is 5.91 Å². The molecule has 4 heteroatoms. The number of hydrogen-bond donors (Lipinski definition) is 1. The molecule has 2 rings (SSSR count). The lowest BCUT2D eigenvalue weighted by Crippen LogP contribution is -2.24. The lowest BCUT2D eigenvalue weighted by Gasteiger charge is -2.07. The van der Waals surface area contributed by atoms with Crippen LogP contribution in [0.2, 0.25) is 0 Å². The van der Waals surface area contributed by atoms with Gasteiger partial charge >= 0.3 is 0 Å². The van der Waals surface area contributed by atoms with Gasteiger partial charge in [0.2, 0.25) is 0 Å². The van der Waals surface area contributed by atoms with Crippen LogP contribution in [0.5, 0.6) is 5.75 Å². The molecular weight excluding hydrogens is 245 g/mol. The van der Waals surface area contributed by atoms with Crippen LogP contribution in [0.25, 0.3) is 0 Å². The summed E-state index contributed by atoms with van der Waals surface area (Å²) < 4.78 is 18.6. The zero-order valence-electron chi connectivity index (χ0n) is 10.6. The minimum Gasteiger partial charge on any atom is -0.478 e. The molecule has 1 N–H and O–H groups in total. The van der Waals surface area contributed by atoms with E-state index in [-0.39, 0.29) is 18.3 Å². The van der Waals surface area contributed by atoms with Gasteiger partial charge in [0.05, 0.1) is 0 Å². The van der Waals surface area contributed by atoms with Crippen molar-refractivity contribution in [1.82, 2.24) is 5.32 Å². The van der Waals surface area contributed by atoms with E-state index in [1.807, 2.05) is 0 Å². The molecule has 0 unspecified atom stereocenters. The number of carbonyl (C=O) groups excluding carboxylic acids is 1. The maximum atomic E-state index is 13.6. The summed E-state index contributed by atoms with van der Waals surface area (Å²) in [6.07, 6.45) is 8.54. The van der Waals surface area contributed by atoms with Crippen LogP contribution in [0.15, 0.2) is 18.2 Å². The minimum atomic E-state index is -0.579. The van der Waals surface area contributed by atoms with Gasteiger partial charge in [-0.05, 0) is 30.5 Å². The first-order valence-electron chi connectivity index (χ1n) is 6.34. The van der Waals surface area contributed by atoms with E-state index in [0.29, 0.717) is 12.1 Å². The van der Waals surface area contributed by atoms with Crippen LogP contribution in [-0.4, -0.2) is 19.1 Å². The van der Waals surface area contributed by atoms with Crippen molar-refractivity contribution in [2.24, 2.45) is 5.92 Å². The molecule has 0 aliphatic heterocycles. The topological polar surface area (TPSA) is 38.3 Å². The molecule has 1 aromatic rings. The number of halogens is 1. The number of ether oxygens (including phenoxy) is 1. The van der Waals surface area contributed by atoms with Gasteiger partial charge in [0.15, 0.2) is 11.6 Å². The molecule has 0 aromatic heterocycles. The SMILES string of the molecule is C#CCOc1ccc(C(=O)NCCC2CC2)cc1F. The number of nitrogens with one attached hydrogen (secondary N) is 1. The molecule has 0 saturated heterocycles. The van der Waals surface area contributed by atoms with E-state index in [4.69, 9.17) is 11.2 Å². The average Bonchev–Trinajstić information content (AvgIpc) is 3.21. The summed E-state index contributed by atoms with van der Waals surface area (Å²) in [5.41, 5.74) is 0.293. The van der Waals surface area contributed by atoms with E-state index in [1.54, 1.807) is 0 Å². The van der Waals surface area contributed by atoms with Crippen LogP contribution in [-0.2, 0) is 0 Å². The summed E-state index contributed by atoms with van der Waals surface area (Å²) >= 11 is 0. The van der Waals surface area contributed by atoms with Gasteiger partial charge < -0.3 is 10.1 Å². The molecule has 0 radical (unpaired) electrons. The number of carbonyl (C=O) groups is 1. The Kier molecular flexibility index (Phi) is 4.40. The highest BCUT2D eigenvalue weighted by atomic mass is 19.1. The molecule has 19 heavy (non-hydrogen) atoms. The first-order valence-corrected chi connectivity index (χ1v) is 6.34. The van der Waals surface area contributed by atoms with Crippen LogP contribution in [0.1, 0.15) is 29.6 Å². The largest absolute Gasteiger partial charge is 0.478 e. The summed E-state index contributed by atoms with van der Waals surface area (Å²) in [5, 5.41) is 2.78. The predicted molar refractivity (Wildman–Crippen MR) is 70.4 cm³/mol. The Morgan fingerprint density at radius 1 is 1.53 bits per heavy atom. The van der Waals surface area contributed by atoms with Crippen LogP contribution in [0, 0.1) is 24.1 Å². The molecule has 100 valence electrons. The summed E-state index contributed by atoms with van der Waals surface area (Å²) in [6, 6.07) is 4.11. The van der Waals surface area contributed by atoms with Gasteiger partial charge in [-0.3, -0.25) is 4.79 Å². The summed E-state index contributed by atoms with van der Waals surface area (Å²) in [7, 11) is 0. The number of hydrogen-bond acceptors (Lipinski definition) is 2. The molecular formula is C15H16FNO2. The second kappa shape index (κ2) is 6.24. The molecule has 1 aromatic carbocycles. The maximum absolute atomic E-state index is 13.6. The van der Waals surface area contributed by atoms with Gasteiger partial charge in [-0.25, -0.2) is 4.39 Å². The van der Waals surface area contributed by atoms with E-state index in [9.17, 15) is 9.18 Å². The maximum Gasteiger partial charge on any atom is 0.251 e. The molecule has 1 fully saturated rings. The third kappa shape index (κ3) is 3.99. The lowest BCUT2D eigenvalue weighted by atomic mass is 10.2. The number of terminal acetylenes is 1. The van der Waals surface area contributed by atoms with Gasteiger partial charge in [-0.2, -0.15) is 0 Å². The van der Waals surface area contributed by atoms with Gasteiger partial charge in [-0.15, -0.1) is 6.42 Å². The van der Waals surface area contributed by atoms with Crippen molar-refractivity contribution in [3.8, 4) is 18.1 Å². The second-order valence-electron chi connectivity index (χ2n) is 4.63. The van der Waals surface area contributed by atoms with Crippen LogP contribution >= 0.6 is 0 Å². The van der Waals surface area contributed by atoms with Crippen molar-refractivity contribution in [3.05, 3.63) is 29.6 Å². The van der Waals surface area contributed by atoms with Crippen molar-refractivity contribution in [2.45, 2.75) is 19.3 Å². The van der Waals surface area contributed by atoms with E-state index < -0.39 is 5.82 Å². The second-order valence-corrected chi connectivity index (χ2v) is 4.63. The van der Waals surface area contributed by atoms with Crippen molar-refractivity contribution in [3.63, 3.8) is 0 Å². The van der Waals surface area contributed by atoms with Crippen LogP contribution < -0.4 is 10.1 Å². The molecule has 1 saturated carbocycles. The van der Waals surface area contributed by atoms with E-state index in [1.165, 1.54) is 25.0 Å². The van der Waals surface area contributed by atoms with Crippen LogP contribution in [0.4, 0.5) is 4.39 Å². The zero-order chi connectivity index (χ0) is 13.7. The third-order valence-corrected chi connectivity index (χ3v) is 3.04. The molecule has 1 aliphatic rings. The van der Waals surface area contributed by atoms with Crippen molar-refractivity contribution in [2.75, 3.05) is 13.2 Å². The van der Waals surface area contributed by atoms with E-state index >= 15 is 0 Å². The predicted octanol–water partition coefficient (Wildman–Crippen LogP) is 2.37. The van der Waals surface area contributed by atoms with Crippen molar-refractivity contribution in [1.29, 1.82) is 0 Å². The molecule has 1 aliphatic carbocycles. The normalized spacial score (nSPS) is 13.7. The highest BCUT2D eigenvalue weighted by Gasteiger charge is 2.20. The number of rotatable bonds is 6. The third-order valence-electron chi connectivity index (χ3n) is 3.04. The molecule has 0 spiro atoms. The average molecular weight is 261 g/mol. The molecule has 1 amide bonds. The summed E-state index contributed by atoms with van der Waals surface area (Å²) in [5.74, 6) is 2.24. The molecule has 0 bridgehead atoms. The Labute approximate surface area is 112 Å². The molecule has 0 heterocycles. The van der Waals surface area contributed by atoms with E-state index in [0.717, 1.165) is 18.4 Å². The van der Waals surface area contributed by atoms with Crippen LogP contribution in [0.3, 0.4) is 0 Å². The van der Waals surface area contributed by atoms with E-state index in [2.05, 4.69) is 11.2 Å². The monoisotopic (exact) mass is 261 g/mol. The molecule has 3 nitrogen and oxygen atoms in total. The quantitative estimate of drug-likeness (QED) is 0.798. The Bertz CT molecular complexity index is 503. The highest BCUT2D eigenvalue weighted by molar-refractivity contribution is 5.94.